The fourth-order valence-corrected chi connectivity index (χ4v) is 12.5. The Balaban J connectivity index is 2.29. The molecule has 0 radical (unpaired) electrons. The third kappa shape index (κ3) is 6.57. The molecule has 16 heavy (non-hydrogen) atoms. The van der Waals surface area contributed by atoms with E-state index in [1.807, 2.05) is 47.0 Å². The molecule has 0 N–H and O–H groups in total. The van der Waals surface area contributed by atoms with Gasteiger partial charge in [0.25, 0.3) is 0 Å². The Morgan fingerprint density at radius 3 is 1.88 bits per heavy atom. The Labute approximate surface area is 132 Å². The monoisotopic (exact) mass is 350 g/mol. The highest BCUT2D eigenvalue weighted by Gasteiger charge is 2.26. The molecule has 0 nitrogen and oxygen atoms in total. The Morgan fingerprint density at radius 2 is 1.50 bits per heavy atom. The van der Waals surface area contributed by atoms with Gasteiger partial charge >= 0.3 is 0 Å². The first-order chi connectivity index (χ1) is 7.65. The molecule has 0 amide bonds. The quantitative estimate of drug-likeness (QED) is 0.476. The van der Waals surface area contributed by atoms with Gasteiger partial charge in [-0.1, -0.05) is 13.8 Å². The van der Waals surface area contributed by atoms with Gasteiger partial charge in [-0.05, 0) is 12.8 Å². The average Bonchev–Trinajstić information content (AvgIpc) is 2.29. The molecule has 4 unspecified atom stereocenters. The normalized spacial score (nSPS) is 30.0. The molecule has 0 saturated carbocycles. The Kier molecular flexibility index (Phi) is 9.66. The molecule has 0 bridgehead atoms. The van der Waals surface area contributed by atoms with Gasteiger partial charge in [0.1, 0.15) is 0 Å². The third-order valence-electron chi connectivity index (χ3n) is 1.87. The van der Waals surface area contributed by atoms with E-state index in [0.717, 1.165) is 12.8 Å². The van der Waals surface area contributed by atoms with Gasteiger partial charge < -0.3 is 0 Å². The molecule has 0 aromatic carbocycles. The molecule has 1 aliphatic heterocycles. The average molecular weight is 351 g/mol. The van der Waals surface area contributed by atoms with E-state index in [4.69, 9.17) is 0 Å². The second-order valence-electron chi connectivity index (χ2n) is 3.16. The number of hydrogen-bond acceptors (Lipinski definition) is 7. The zero-order valence-electron chi connectivity index (χ0n) is 9.37. The lowest BCUT2D eigenvalue weighted by molar-refractivity contribution is 1.06. The molecule has 1 fully saturated rings. The predicted octanol–water partition coefficient (Wildman–Crippen LogP) is 5.52. The summed E-state index contributed by atoms with van der Waals surface area (Å²) in [6.07, 6.45) is 2.28. The van der Waals surface area contributed by atoms with Crippen LogP contribution in [0.1, 0.15) is 26.7 Å². The van der Waals surface area contributed by atoms with Crippen LogP contribution in [0.4, 0.5) is 0 Å². The lowest BCUT2D eigenvalue weighted by Gasteiger charge is -2.29. The first kappa shape index (κ1) is 16.5. The number of thioether (sulfide) groups is 5. The van der Waals surface area contributed by atoms with E-state index in [1.165, 1.54) is 5.08 Å². The van der Waals surface area contributed by atoms with Crippen LogP contribution in [-0.2, 0) is 0 Å². The summed E-state index contributed by atoms with van der Waals surface area (Å²) in [5.41, 5.74) is 0. The lowest BCUT2D eigenvalue weighted by Crippen LogP contribution is -2.10. The van der Waals surface area contributed by atoms with Crippen molar-refractivity contribution in [1.29, 1.82) is 0 Å². The van der Waals surface area contributed by atoms with E-state index in [1.54, 1.807) is 0 Å². The second-order valence-corrected chi connectivity index (χ2v) is 13.3. The molecular formula is C9H18S7. The third-order valence-corrected chi connectivity index (χ3v) is 11.4. The summed E-state index contributed by atoms with van der Waals surface area (Å²) < 4.78 is 2.27. The van der Waals surface area contributed by atoms with Gasteiger partial charge in [-0.3, -0.25) is 0 Å². The SMILES string of the molecule is CCC(S)SC1SCSC(SC(S)CC)S1. The maximum absolute atomic E-state index is 4.57. The first-order valence-electron chi connectivity index (χ1n) is 5.21. The summed E-state index contributed by atoms with van der Waals surface area (Å²) in [4.78, 5) is 0. The van der Waals surface area contributed by atoms with Crippen molar-refractivity contribution >= 4 is 84.1 Å². The molecular weight excluding hydrogens is 333 g/mol. The van der Waals surface area contributed by atoms with E-state index in [0.29, 0.717) is 17.0 Å². The van der Waals surface area contributed by atoms with Crippen molar-refractivity contribution in [3.63, 3.8) is 0 Å². The molecule has 4 atom stereocenters. The minimum atomic E-state index is 0.483. The highest BCUT2D eigenvalue weighted by molar-refractivity contribution is 8.47. The van der Waals surface area contributed by atoms with Gasteiger partial charge in [0.05, 0.1) is 7.83 Å². The van der Waals surface area contributed by atoms with Gasteiger partial charge in [0, 0.05) is 14.2 Å². The number of hydrogen-bond donors (Lipinski definition) is 2. The molecule has 0 spiro atoms. The van der Waals surface area contributed by atoms with Gasteiger partial charge in [0.2, 0.25) is 0 Å². The first-order valence-corrected chi connectivity index (χ1v) is 11.2. The topological polar surface area (TPSA) is 0 Å². The van der Waals surface area contributed by atoms with Crippen LogP contribution in [0.5, 0.6) is 0 Å². The standard InChI is InChI=1S/C9H18S7/c1-3-6(10)14-8-12-5-13-9(16-8)15-7(11)4-2/h6-11H,3-5H2,1-2H3. The Morgan fingerprint density at radius 1 is 1.06 bits per heavy atom. The van der Waals surface area contributed by atoms with E-state index in [9.17, 15) is 0 Å². The van der Waals surface area contributed by atoms with Crippen LogP contribution in [0, 0.1) is 0 Å². The Hall–Kier alpha value is 2.45. The number of thiol groups is 2. The summed E-state index contributed by atoms with van der Waals surface area (Å²) in [7, 11) is 0. The van der Waals surface area contributed by atoms with Crippen LogP contribution in [-0.4, -0.2) is 22.1 Å². The van der Waals surface area contributed by atoms with Gasteiger partial charge in [-0.15, -0.1) is 58.8 Å². The van der Waals surface area contributed by atoms with Crippen LogP contribution in [0.3, 0.4) is 0 Å². The van der Waals surface area contributed by atoms with Crippen molar-refractivity contribution in [2.24, 2.45) is 0 Å². The van der Waals surface area contributed by atoms with E-state index in [2.05, 4.69) is 50.9 Å². The van der Waals surface area contributed by atoms with Gasteiger partial charge in [0.15, 0.2) is 0 Å². The summed E-state index contributed by atoms with van der Waals surface area (Å²) in [5, 5.41) is 1.21. The highest BCUT2D eigenvalue weighted by atomic mass is 32.3. The summed E-state index contributed by atoms with van der Waals surface area (Å²) >= 11 is 19.3. The number of rotatable bonds is 6. The van der Waals surface area contributed by atoms with Crippen LogP contribution < -0.4 is 0 Å². The fraction of sp³-hybridized carbons (Fsp3) is 1.00. The van der Waals surface area contributed by atoms with Crippen LogP contribution in [0.15, 0.2) is 0 Å². The molecule has 0 aliphatic carbocycles. The van der Waals surface area contributed by atoms with Crippen molar-refractivity contribution < 1.29 is 0 Å². The van der Waals surface area contributed by atoms with Crippen LogP contribution in [0.25, 0.3) is 0 Å². The summed E-state index contributed by atoms with van der Waals surface area (Å²) in [5.74, 6) is 0. The molecule has 1 aliphatic rings. The predicted molar refractivity (Wildman–Crippen MR) is 96.5 cm³/mol. The van der Waals surface area contributed by atoms with Gasteiger partial charge in [-0.2, -0.15) is 25.3 Å². The van der Waals surface area contributed by atoms with Crippen molar-refractivity contribution in [3.8, 4) is 0 Å². The smallest absolute Gasteiger partial charge is 0.0994 e. The van der Waals surface area contributed by atoms with Gasteiger partial charge in [-0.25, -0.2) is 0 Å². The maximum Gasteiger partial charge on any atom is 0.0994 e. The molecule has 1 heterocycles. The van der Waals surface area contributed by atoms with Crippen molar-refractivity contribution in [2.45, 2.75) is 43.7 Å². The molecule has 0 aromatic heterocycles. The molecule has 1 rings (SSSR count). The van der Waals surface area contributed by atoms with Crippen molar-refractivity contribution in [1.82, 2.24) is 0 Å². The molecule has 0 aromatic rings. The maximum atomic E-state index is 4.57. The minimum Gasteiger partial charge on any atom is -0.165 e. The zero-order valence-corrected chi connectivity index (χ0v) is 15.2. The molecule has 1 saturated heterocycles. The van der Waals surface area contributed by atoms with Crippen LogP contribution >= 0.6 is 84.1 Å². The zero-order chi connectivity index (χ0) is 12.0. The summed E-state index contributed by atoms with van der Waals surface area (Å²) in [6.45, 7) is 4.40. The Bertz CT molecular complexity index is 171. The lowest BCUT2D eigenvalue weighted by atomic mass is 10.6. The van der Waals surface area contributed by atoms with Crippen molar-refractivity contribution in [2.75, 3.05) is 5.08 Å². The summed E-state index contributed by atoms with van der Waals surface area (Å²) in [6, 6.07) is 0. The fourth-order valence-electron chi connectivity index (χ4n) is 0.911. The largest absolute Gasteiger partial charge is 0.165 e. The van der Waals surface area contributed by atoms with E-state index in [-0.39, 0.29) is 0 Å². The second kappa shape index (κ2) is 9.37. The van der Waals surface area contributed by atoms with E-state index >= 15 is 0 Å². The highest BCUT2D eigenvalue weighted by Crippen LogP contribution is 2.53. The van der Waals surface area contributed by atoms with Crippen LogP contribution in [0.2, 0.25) is 0 Å². The minimum absolute atomic E-state index is 0.483. The molecule has 96 valence electrons. The van der Waals surface area contributed by atoms with Crippen molar-refractivity contribution in [3.05, 3.63) is 0 Å². The van der Waals surface area contributed by atoms with E-state index < -0.39 is 0 Å². The molecule has 7 heteroatoms.